The molecule has 21 heavy (non-hydrogen) atoms. The van der Waals surface area contributed by atoms with Crippen molar-refractivity contribution >= 4 is 11.3 Å². The van der Waals surface area contributed by atoms with E-state index < -0.39 is 0 Å². The molecule has 0 bridgehead atoms. The van der Waals surface area contributed by atoms with Crippen molar-refractivity contribution in [3.05, 3.63) is 57.8 Å². The molecule has 0 radical (unpaired) electrons. The molecule has 3 heteroatoms. The smallest absolute Gasteiger partial charge is 0.0471 e. The first kappa shape index (κ1) is 16.2. The van der Waals surface area contributed by atoms with Crippen LogP contribution in [0.1, 0.15) is 35.9 Å². The number of benzene rings is 1. The lowest BCUT2D eigenvalue weighted by molar-refractivity contribution is 0.244. The van der Waals surface area contributed by atoms with Crippen LogP contribution in [-0.2, 0) is 13.0 Å². The summed E-state index contributed by atoms with van der Waals surface area (Å²) in [4.78, 5) is 3.72. The molecule has 1 aromatic carbocycles. The Hall–Kier alpha value is -1.16. The number of likely N-dealkylation sites (N-methyl/N-ethyl adjacent to an activating group) is 1. The largest absolute Gasteiger partial charge is 0.329 e. The highest BCUT2D eigenvalue weighted by atomic mass is 32.1. The van der Waals surface area contributed by atoms with Gasteiger partial charge in [0.1, 0.15) is 0 Å². The molecule has 0 saturated heterocycles. The van der Waals surface area contributed by atoms with Gasteiger partial charge in [-0.2, -0.15) is 0 Å². The van der Waals surface area contributed by atoms with Crippen molar-refractivity contribution in [1.82, 2.24) is 4.90 Å². The number of hydrogen-bond donors (Lipinski definition) is 1. The van der Waals surface area contributed by atoms with Crippen LogP contribution in [0.5, 0.6) is 0 Å². The van der Waals surface area contributed by atoms with Gasteiger partial charge in [-0.3, -0.25) is 4.90 Å². The third kappa shape index (κ3) is 4.67. The van der Waals surface area contributed by atoms with Crippen LogP contribution >= 0.6 is 11.3 Å². The predicted octanol–water partition coefficient (Wildman–Crippen LogP) is 4.08. The Bertz CT molecular complexity index is 517. The third-order valence-corrected chi connectivity index (χ3v) is 4.61. The van der Waals surface area contributed by atoms with E-state index in [9.17, 15) is 0 Å². The van der Waals surface area contributed by atoms with Gasteiger partial charge >= 0.3 is 0 Å². The Morgan fingerprint density at radius 2 is 1.86 bits per heavy atom. The van der Waals surface area contributed by atoms with Gasteiger partial charge in [0.15, 0.2) is 0 Å². The first-order chi connectivity index (χ1) is 10.1. The molecule has 2 nitrogen and oxygen atoms in total. The highest BCUT2D eigenvalue weighted by molar-refractivity contribution is 7.09. The molecule has 0 spiro atoms. The molecule has 0 fully saturated rings. The average molecular weight is 302 g/mol. The van der Waals surface area contributed by atoms with Gasteiger partial charge in [-0.05, 0) is 42.0 Å². The maximum absolute atomic E-state index is 6.02. The Morgan fingerprint density at radius 1 is 1.14 bits per heavy atom. The summed E-state index contributed by atoms with van der Waals surface area (Å²) in [6.45, 7) is 6.11. The molecule has 1 aromatic heterocycles. The molecule has 0 amide bonds. The van der Waals surface area contributed by atoms with Gasteiger partial charge < -0.3 is 5.73 Å². The van der Waals surface area contributed by atoms with E-state index in [-0.39, 0.29) is 6.04 Å². The normalized spacial score (nSPS) is 13.0. The zero-order chi connectivity index (χ0) is 15.2. The van der Waals surface area contributed by atoms with Crippen LogP contribution in [0.4, 0.5) is 0 Å². The molecule has 1 atom stereocenters. The van der Waals surface area contributed by atoms with Crippen molar-refractivity contribution in [2.45, 2.75) is 32.9 Å². The summed E-state index contributed by atoms with van der Waals surface area (Å²) in [6, 6.07) is 13.5. The maximum atomic E-state index is 6.02. The molecular formula is C18H26N2S. The van der Waals surface area contributed by atoms with Gasteiger partial charge in [-0.1, -0.05) is 44.2 Å². The first-order valence-electron chi connectivity index (χ1n) is 7.61. The summed E-state index contributed by atoms with van der Waals surface area (Å²) in [5.41, 5.74) is 8.73. The minimum Gasteiger partial charge on any atom is -0.329 e. The van der Waals surface area contributed by atoms with E-state index in [1.165, 1.54) is 16.0 Å². The summed E-state index contributed by atoms with van der Waals surface area (Å²) < 4.78 is 0. The summed E-state index contributed by atoms with van der Waals surface area (Å²) in [5, 5.41) is 2.13. The second-order valence-electron chi connectivity index (χ2n) is 6.09. The summed E-state index contributed by atoms with van der Waals surface area (Å²) in [5.74, 6) is 0.697. The van der Waals surface area contributed by atoms with Crippen molar-refractivity contribution < 1.29 is 0 Å². The van der Waals surface area contributed by atoms with E-state index in [0.29, 0.717) is 12.5 Å². The molecule has 0 saturated carbocycles. The van der Waals surface area contributed by atoms with Crippen LogP contribution in [0.15, 0.2) is 41.8 Å². The van der Waals surface area contributed by atoms with Crippen molar-refractivity contribution in [2.75, 3.05) is 13.6 Å². The minimum atomic E-state index is 0.278. The maximum Gasteiger partial charge on any atom is 0.0471 e. The molecule has 1 unspecified atom stereocenters. The van der Waals surface area contributed by atoms with Crippen molar-refractivity contribution in [3.8, 4) is 0 Å². The zero-order valence-corrected chi connectivity index (χ0v) is 14.1. The van der Waals surface area contributed by atoms with Crippen molar-refractivity contribution in [2.24, 2.45) is 11.7 Å². The summed E-state index contributed by atoms with van der Waals surface area (Å²) in [6.07, 6.45) is 1.14. The van der Waals surface area contributed by atoms with Crippen molar-refractivity contribution in [1.29, 1.82) is 0 Å². The Morgan fingerprint density at radius 3 is 2.38 bits per heavy atom. The molecule has 0 aliphatic carbocycles. The molecule has 2 aromatic rings. The standard InChI is InChI=1S/C18H26N2S/c1-14(2)11-15-6-8-16(9-7-15)18(12-19)20(3)13-17-5-4-10-21-17/h4-10,14,18H,11-13,19H2,1-3H3. The van der Waals surface area contributed by atoms with E-state index in [4.69, 9.17) is 5.73 Å². The van der Waals surface area contributed by atoms with Crippen LogP contribution in [-0.4, -0.2) is 18.5 Å². The van der Waals surface area contributed by atoms with Crippen LogP contribution in [0.2, 0.25) is 0 Å². The van der Waals surface area contributed by atoms with Gasteiger partial charge in [-0.15, -0.1) is 11.3 Å². The van der Waals surface area contributed by atoms with E-state index in [1.54, 1.807) is 11.3 Å². The number of rotatable bonds is 7. The van der Waals surface area contributed by atoms with Crippen LogP contribution in [0.3, 0.4) is 0 Å². The monoisotopic (exact) mass is 302 g/mol. The summed E-state index contributed by atoms with van der Waals surface area (Å²) >= 11 is 1.80. The minimum absolute atomic E-state index is 0.278. The average Bonchev–Trinajstić information content (AvgIpc) is 2.93. The fraction of sp³-hybridized carbons (Fsp3) is 0.444. The van der Waals surface area contributed by atoms with E-state index in [2.05, 4.69) is 67.6 Å². The third-order valence-electron chi connectivity index (χ3n) is 3.75. The zero-order valence-electron chi connectivity index (χ0n) is 13.3. The quantitative estimate of drug-likeness (QED) is 0.835. The Kier molecular flexibility index (Phi) is 5.97. The number of nitrogens with two attached hydrogens (primary N) is 1. The van der Waals surface area contributed by atoms with Crippen LogP contribution < -0.4 is 5.73 Å². The Balaban J connectivity index is 2.05. The van der Waals surface area contributed by atoms with Gasteiger partial charge in [0.2, 0.25) is 0 Å². The number of nitrogens with zero attached hydrogens (tertiary/aromatic N) is 1. The van der Waals surface area contributed by atoms with Gasteiger partial charge in [0.05, 0.1) is 0 Å². The Labute approximate surface area is 132 Å². The second-order valence-corrected chi connectivity index (χ2v) is 7.12. The van der Waals surface area contributed by atoms with Crippen LogP contribution in [0.25, 0.3) is 0 Å². The lowest BCUT2D eigenvalue weighted by Crippen LogP contribution is -2.29. The van der Waals surface area contributed by atoms with Gasteiger partial charge in [0.25, 0.3) is 0 Å². The topological polar surface area (TPSA) is 29.3 Å². The molecule has 0 aliphatic rings. The fourth-order valence-corrected chi connectivity index (χ4v) is 3.44. The highest BCUT2D eigenvalue weighted by Gasteiger charge is 2.16. The van der Waals surface area contributed by atoms with E-state index >= 15 is 0 Å². The number of hydrogen-bond acceptors (Lipinski definition) is 3. The van der Waals surface area contributed by atoms with Gasteiger partial charge in [-0.25, -0.2) is 0 Å². The SMILES string of the molecule is CC(C)Cc1ccc(C(CN)N(C)Cc2cccs2)cc1. The molecule has 2 rings (SSSR count). The van der Waals surface area contributed by atoms with E-state index in [1.807, 2.05) is 0 Å². The fourth-order valence-electron chi connectivity index (χ4n) is 2.68. The summed E-state index contributed by atoms with van der Waals surface area (Å²) in [7, 11) is 2.15. The highest BCUT2D eigenvalue weighted by Crippen LogP contribution is 2.23. The van der Waals surface area contributed by atoms with Crippen molar-refractivity contribution in [3.63, 3.8) is 0 Å². The molecule has 2 N–H and O–H groups in total. The van der Waals surface area contributed by atoms with Crippen LogP contribution in [0, 0.1) is 5.92 Å². The predicted molar refractivity (Wildman–Crippen MR) is 92.6 cm³/mol. The first-order valence-corrected chi connectivity index (χ1v) is 8.49. The lowest BCUT2D eigenvalue weighted by Gasteiger charge is -2.27. The molecule has 0 aliphatic heterocycles. The lowest BCUT2D eigenvalue weighted by atomic mass is 9.99. The number of thiophene rings is 1. The van der Waals surface area contributed by atoms with Gasteiger partial charge in [0, 0.05) is 24.0 Å². The molecule has 114 valence electrons. The van der Waals surface area contributed by atoms with E-state index in [0.717, 1.165) is 13.0 Å². The second kappa shape index (κ2) is 7.74. The molecule has 1 heterocycles. The molecular weight excluding hydrogens is 276 g/mol.